The van der Waals surface area contributed by atoms with Crippen molar-refractivity contribution in [1.29, 1.82) is 0 Å². The Hall–Kier alpha value is -1.39. The van der Waals surface area contributed by atoms with Crippen molar-refractivity contribution in [3.63, 3.8) is 0 Å². The Morgan fingerprint density at radius 3 is 2.25 bits per heavy atom. The van der Waals surface area contributed by atoms with Gasteiger partial charge in [-0.2, -0.15) is 8.42 Å². The summed E-state index contributed by atoms with van der Waals surface area (Å²) in [5.74, 6) is 0.391. The Labute approximate surface area is 121 Å². The molecule has 0 aromatic carbocycles. The summed E-state index contributed by atoms with van der Waals surface area (Å²) < 4.78 is 28.8. The first kappa shape index (κ1) is 15.0. The predicted octanol–water partition coefficient (Wildman–Crippen LogP) is 3.87. The zero-order chi connectivity index (χ0) is 15.1. The van der Waals surface area contributed by atoms with E-state index >= 15 is 0 Å². The van der Waals surface area contributed by atoms with Gasteiger partial charge >= 0.3 is 0 Å². The first-order valence-corrected chi connectivity index (χ1v) is 8.03. The maximum atomic E-state index is 12.1. The van der Waals surface area contributed by atoms with E-state index in [9.17, 15) is 8.42 Å². The van der Waals surface area contributed by atoms with E-state index in [0.717, 1.165) is 22.3 Å². The summed E-state index contributed by atoms with van der Waals surface area (Å²) in [6, 6.07) is 7.81. The molecule has 2 aliphatic rings. The van der Waals surface area contributed by atoms with Gasteiger partial charge in [0.15, 0.2) is 0 Å². The fourth-order valence-electron chi connectivity index (χ4n) is 2.43. The van der Waals surface area contributed by atoms with Crippen LogP contribution in [0.4, 0.5) is 0 Å². The molecular weight excluding hydrogens is 272 g/mol. The van der Waals surface area contributed by atoms with Crippen molar-refractivity contribution >= 4 is 10.1 Å². The number of hydrogen-bond donors (Lipinski definition) is 0. The molecule has 0 spiro atoms. The molecule has 0 saturated heterocycles. The molecule has 4 heteroatoms. The van der Waals surface area contributed by atoms with Crippen molar-refractivity contribution in [2.24, 2.45) is 0 Å². The number of fused-ring (bicyclic) bond motifs is 1. The van der Waals surface area contributed by atoms with Crippen molar-refractivity contribution in [3.8, 4) is 11.1 Å². The Bertz CT molecular complexity index is 715. The van der Waals surface area contributed by atoms with Gasteiger partial charge in [-0.25, -0.2) is 0 Å². The monoisotopic (exact) mass is 292 g/mol. The molecule has 0 aromatic heterocycles. The molecule has 0 radical (unpaired) electrons. The molecule has 0 heterocycles. The third-order valence-electron chi connectivity index (χ3n) is 3.67. The molecule has 20 heavy (non-hydrogen) atoms. The largest absolute Gasteiger partial charge is 0.297 e. The Balaban J connectivity index is 2.83. The highest BCUT2D eigenvalue weighted by molar-refractivity contribution is 7.87. The zero-order valence-electron chi connectivity index (χ0n) is 12.5. The highest BCUT2D eigenvalue weighted by Crippen LogP contribution is 2.38. The molecule has 0 fully saturated rings. The molecule has 0 atom stereocenters. The van der Waals surface area contributed by atoms with Crippen LogP contribution in [0.1, 0.15) is 36.5 Å². The van der Waals surface area contributed by atoms with Crippen LogP contribution in [0.3, 0.4) is 0 Å². The van der Waals surface area contributed by atoms with Crippen LogP contribution < -0.4 is 0 Å². The second kappa shape index (κ2) is 5.19. The fourth-order valence-corrected chi connectivity index (χ4v) is 3.46. The van der Waals surface area contributed by atoms with E-state index in [1.165, 1.54) is 12.7 Å². The lowest BCUT2D eigenvalue weighted by Crippen LogP contribution is -2.02. The normalized spacial score (nSPS) is 12.3. The van der Waals surface area contributed by atoms with Gasteiger partial charge in [0.05, 0.1) is 7.11 Å². The molecule has 0 aromatic rings. The van der Waals surface area contributed by atoms with Gasteiger partial charge < -0.3 is 0 Å². The molecule has 2 aliphatic carbocycles. The minimum atomic E-state index is -3.69. The van der Waals surface area contributed by atoms with Crippen molar-refractivity contribution in [1.82, 2.24) is 0 Å². The summed E-state index contributed by atoms with van der Waals surface area (Å²) in [4.78, 5) is 0.260. The molecule has 0 bridgehead atoms. The number of hydrogen-bond acceptors (Lipinski definition) is 3. The molecule has 0 saturated carbocycles. The second-order valence-corrected chi connectivity index (χ2v) is 7.10. The van der Waals surface area contributed by atoms with Gasteiger partial charge in [0.25, 0.3) is 10.1 Å². The van der Waals surface area contributed by atoms with Gasteiger partial charge in [0, 0.05) is 5.56 Å². The average molecular weight is 292 g/mol. The van der Waals surface area contributed by atoms with Crippen LogP contribution in [-0.4, -0.2) is 15.5 Å². The molecule has 3 nitrogen and oxygen atoms in total. The lowest BCUT2D eigenvalue weighted by molar-refractivity contribution is 0.398. The van der Waals surface area contributed by atoms with Crippen LogP contribution in [0.15, 0.2) is 29.2 Å². The lowest BCUT2D eigenvalue weighted by Gasteiger charge is -2.05. The van der Waals surface area contributed by atoms with E-state index < -0.39 is 10.1 Å². The van der Waals surface area contributed by atoms with E-state index in [4.69, 9.17) is 0 Å². The van der Waals surface area contributed by atoms with Crippen molar-refractivity contribution < 1.29 is 12.6 Å². The van der Waals surface area contributed by atoms with Gasteiger partial charge in [-0.1, -0.05) is 32.0 Å². The molecule has 2 rings (SSSR count). The third-order valence-corrected chi connectivity index (χ3v) is 4.97. The van der Waals surface area contributed by atoms with Crippen LogP contribution in [0.25, 0.3) is 11.1 Å². The van der Waals surface area contributed by atoms with Crippen molar-refractivity contribution in [2.45, 2.75) is 38.5 Å². The van der Waals surface area contributed by atoms with E-state index in [2.05, 4.69) is 30.2 Å². The first-order valence-electron chi connectivity index (χ1n) is 6.62. The molecule has 0 amide bonds. The highest BCUT2D eigenvalue weighted by atomic mass is 32.2. The van der Waals surface area contributed by atoms with Crippen LogP contribution in [0.5, 0.6) is 0 Å². The molecule has 0 N–H and O–H groups in total. The summed E-state index contributed by atoms with van der Waals surface area (Å²) >= 11 is 0. The lowest BCUT2D eigenvalue weighted by atomic mass is 10.0. The molecular formula is C16H20O3S. The maximum absolute atomic E-state index is 12.1. The fraction of sp³-hybridized carbons (Fsp3) is 0.375. The van der Waals surface area contributed by atoms with Crippen molar-refractivity contribution in [3.05, 3.63) is 41.0 Å². The molecule has 0 unspecified atom stereocenters. The quantitative estimate of drug-likeness (QED) is 0.807. The minimum Gasteiger partial charge on any atom is -0.270 e. The van der Waals surface area contributed by atoms with Crippen LogP contribution >= 0.6 is 0 Å². The van der Waals surface area contributed by atoms with Crippen LogP contribution in [0, 0.1) is 13.8 Å². The van der Waals surface area contributed by atoms with Crippen LogP contribution in [-0.2, 0) is 14.3 Å². The van der Waals surface area contributed by atoms with E-state index in [-0.39, 0.29) is 4.90 Å². The Morgan fingerprint density at radius 1 is 1.05 bits per heavy atom. The first-order chi connectivity index (χ1) is 9.27. The highest BCUT2D eigenvalue weighted by Gasteiger charge is 2.25. The summed E-state index contributed by atoms with van der Waals surface area (Å²) in [5, 5.41) is 0. The van der Waals surface area contributed by atoms with E-state index in [1.54, 1.807) is 6.07 Å². The summed E-state index contributed by atoms with van der Waals surface area (Å²) in [7, 11) is -2.49. The van der Waals surface area contributed by atoms with Gasteiger partial charge in [0.1, 0.15) is 4.90 Å². The van der Waals surface area contributed by atoms with Gasteiger partial charge in [-0.05, 0) is 48.1 Å². The predicted molar refractivity (Wildman–Crippen MR) is 80.8 cm³/mol. The van der Waals surface area contributed by atoms with Gasteiger partial charge in [-0.3, -0.25) is 4.18 Å². The van der Waals surface area contributed by atoms with E-state index in [1.807, 2.05) is 19.9 Å². The topological polar surface area (TPSA) is 43.4 Å². The third kappa shape index (κ3) is 2.45. The zero-order valence-corrected chi connectivity index (χ0v) is 13.3. The Kier molecular flexibility index (Phi) is 3.89. The SMILES string of the molecule is COS(=O)(=O)c1cc(C)c2cc(C(C)C)ccc(C)c1-2. The summed E-state index contributed by atoms with van der Waals surface area (Å²) in [6.45, 7) is 8.12. The van der Waals surface area contributed by atoms with Gasteiger partial charge in [0.2, 0.25) is 0 Å². The van der Waals surface area contributed by atoms with E-state index in [0.29, 0.717) is 5.92 Å². The average Bonchev–Trinajstić information content (AvgIpc) is 2.60. The summed E-state index contributed by atoms with van der Waals surface area (Å²) in [6.07, 6.45) is 0. The van der Waals surface area contributed by atoms with Crippen molar-refractivity contribution in [2.75, 3.05) is 7.11 Å². The molecule has 108 valence electrons. The Morgan fingerprint density at radius 2 is 1.70 bits per heavy atom. The van der Waals surface area contributed by atoms with Crippen LogP contribution in [0.2, 0.25) is 0 Å². The smallest absolute Gasteiger partial charge is 0.270 e. The van der Waals surface area contributed by atoms with Gasteiger partial charge in [-0.15, -0.1) is 0 Å². The summed E-state index contributed by atoms with van der Waals surface area (Å²) in [5.41, 5.74) is 4.83. The minimum absolute atomic E-state index is 0.260. The molecule has 0 aliphatic heterocycles. The standard InChI is InChI=1S/C16H20O3S/c1-10(2)13-7-6-11(3)16-14(9-13)12(4)8-15(16)20(17,18)19-5/h6-10H,1-5H3. The maximum Gasteiger partial charge on any atom is 0.297 e. The second-order valence-electron chi connectivity index (χ2n) is 5.42. The number of aryl methyl sites for hydroxylation is 2. The number of rotatable bonds is 3.